The number of anilines is 1. The molecule has 2 aliphatic rings. The number of nitro groups is 1. The SMILES string of the molecule is O=[N+]([O-])c1cc(Cl)nc(NC2CCN3CCCCC23)c1. The van der Waals surface area contributed by atoms with Crippen molar-refractivity contribution in [2.75, 3.05) is 18.4 Å². The molecule has 1 N–H and O–H groups in total. The van der Waals surface area contributed by atoms with E-state index in [4.69, 9.17) is 11.6 Å². The normalized spacial score (nSPS) is 26.2. The average molecular weight is 297 g/mol. The van der Waals surface area contributed by atoms with Crippen LogP contribution in [0.1, 0.15) is 25.7 Å². The van der Waals surface area contributed by atoms with Gasteiger partial charge in [-0.15, -0.1) is 0 Å². The molecule has 0 radical (unpaired) electrons. The summed E-state index contributed by atoms with van der Waals surface area (Å²) >= 11 is 5.85. The van der Waals surface area contributed by atoms with Crippen molar-refractivity contribution in [2.45, 2.75) is 37.8 Å². The summed E-state index contributed by atoms with van der Waals surface area (Å²) in [5.41, 5.74) is -0.0222. The zero-order chi connectivity index (χ0) is 14.1. The minimum Gasteiger partial charge on any atom is -0.365 e. The predicted molar refractivity (Wildman–Crippen MR) is 77.1 cm³/mol. The lowest BCUT2D eigenvalue weighted by molar-refractivity contribution is -0.384. The Labute approximate surface area is 122 Å². The fourth-order valence-electron chi connectivity index (χ4n) is 3.27. The molecular formula is C13H17ClN4O2. The number of hydrogen-bond acceptors (Lipinski definition) is 5. The van der Waals surface area contributed by atoms with Crippen molar-refractivity contribution < 1.29 is 4.92 Å². The van der Waals surface area contributed by atoms with Crippen LogP contribution < -0.4 is 5.32 Å². The molecule has 2 fully saturated rings. The summed E-state index contributed by atoms with van der Waals surface area (Å²) in [6, 6.07) is 3.55. The second-order valence-corrected chi connectivity index (χ2v) is 5.82. The monoisotopic (exact) mass is 296 g/mol. The predicted octanol–water partition coefficient (Wildman–Crippen LogP) is 2.68. The molecule has 2 atom stereocenters. The number of pyridine rings is 1. The van der Waals surface area contributed by atoms with Crippen molar-refractivity contribution in [1.29, 1.82) is 0 Å². The summed E-state index contributed by atoms with van der Waals surface area (Å²) in [4.78, 5) is 17.1. The molecule has 7 heteroatoms. The van der Waals surface area contributed by atoms with Crippen LogP contribution in [0.15, 0.2) is 12.1 Å². The van der Waals surface area contributed by atoms with Crippen LogP contribution in [0.2, 0.25) is 5.15 Å². The van der Waals surface area contributed by atoms with Crippen molar-refractivity contribution in [3.63, 3.8) is 0 Å². The maximum Gasteiger partial charge on any atom is 0.276 e. The number of hydrogen-bond donors (Lipinski definition) is 1. The zero-order valence-electron chi connectivity index (χ0n) is 11.1. The van der Waals surface area contributed by atoms with Gasteiger partial charge in [0.1, 0.15) is 11.0 Å². The first kappa shape index (κ1) is 13.6. The molecule has 2 saturated heterocycles. The molecule has 3 rings (SSSR count). The molecular weight excluding hydrogens is 280 g/mol. The lowest BCUT2D eigenvalue weighted by atomic mass is 9.99. The van der Waals surface area contributed by atoms with Crippen molar-refractivity contribution in [3.8, 4) is 0 Å². The number of nitrogens with zero attached hydrogens (tertiary/aromatic N) is 3. The fourth-order valence-corrected chi connectivity index (χ4v) is 3.47. The lowest BCUT2D eigenvalue weighted by Gasteiger charge is -2.32. The third-order valence-electron chi connectivity index (χ3n) is 4.18. The van der Waals surface area contributed by atoms with Gasteiger partial charge < -0.3 is 5.32 Å². The van der Waals surface area contributed by atoms with E-state index in [1.54, 1.807) is 0 Å². The molecule has 20 heavy (non-hydrogen) atoms. The molecule has 0 aliphatic carbocycles. The van der Waals surface area contributed by atoms with Crippen LogP contribution in [0.3, 0.4) is 0 Å². The molecule has 2 unspecified atom stereocenters. The number of aromatic nitrogens is 1. The summed E-state index contributed by atoms with van der Waals surface area (Å²) in [6.45, 7) is 2.25. The van der Waals surface area contributed by atoms with Gasteiger partial charge in [0.25, 0.3) is 5.69 Å². The second-order valence-electron chi connectivity index (χ2n) is 5.43. The summed E-state index contributed by atoms with van der Waals surface area (Å²) in [5.74, 6) is 0.502. The van der Waals surface area contributed by atoms with Gasteiger partial charge in [-0.3, -0.25) is 15.0 Å². The van der Waals surface area contributed by atoms with Gasteiger partial charge >= 0.3 is 0 Å². The highest BCUT2D eigenvalue weighted by Gasteiger charge is 2.35. The molecule has 0 bridgehead atoms. The fraction of sp³-hybridized carbons (Fsp3) is 0.615. The smallest absolute Gasteiger partial charge is 0.276 e. The van der Waals surface area contributed by atoms with E-state index >= 15 is 0 Å². The Hall–Kier alpha value is -1.40. The lowest BCUT2D eigenvalue weighted by Crippen LogP contribution is -2.41. The molecule has 108 valence electrons. The number of fused-ring (bicyclic) bond motifs is 1. The maximum absolute atomic E-state index is 10.9. The minimum atomic E-state index is -0.444. The molecule has 2 aliphatic heterocycles. The zero-order valence-corrected chi connectivity index (χ0v) is 11.8. The molecule has 6 nitrogen and oxygen atoms in total. The highest BCUT2D eigenvalue weighted by molar-refractivity contribution is 6.29. The van der Waals surface area contributed by atoms with E-state index in [1.807, 2.05) is 0 Å². The van der Waals surface area contributed by atoms with Crippen LogP contribution in [0.5, 0.6) is 0 Å². The Balaban J connectivity index is 1.76. The van der Waals surface area contributed by atoms with E-state index in [0.29, 0.717) is 17.9 Å². The van der Waals surface area contributed by atoms with Gasteiger partial charge in [-0.25, -0.2) is 4.98 Å². The maximum atomic E-state index is 10.9. The van der Waals surface area contributed by atoms with Gasteiger partial charge in [-0.2, -0.15) is 0 Å². The average Bonchev–Trinajstić information content (AvgIpc) is 2.82. The van der Waals surface area contributed by atoms with E-state index in [1.165, 1.54) is 31.4 Å². The van der Waals surface area contributed by atoms with Gasteiger partial charge in [0, 0.05) is 18.6 Å². The van der Waals surface area contributed by atoms with Crippen molar-refractivity contribution in [1.82, 2.24) is 9.88 Å². The Morgan fingerprint density at radius 1 is 1.35 bits per heavy atom. The van der Waals surface area contributed by atoms with Crippen molar-refractivity contribution in [2.24, 2.45) is 0 Å². The highest BCUT2D eigenvalue weighted by Crippen LogP contribution is 2.30. The molecule has 0 aromatic carbocycles. The largest absolute Gasteiger partial charge is 0.365 e. The topological polar surface area (TPSA) is 71.3 Å². The van der Waals surface area contributed by atoms with Gasteiger partial charge in [0.05, 0.1) is 17.1 Å². The quantitative estimate of drug-likeness (QED) is 0.527. The van der Waals surface area contributed by atoms with E-state index in [2.05, 4.69) is 15.2 Å². The Bertz CT molecular complexity index is 525. The molecule has 1 aromatic rings. The molecule has 0 saturated carbocycles. The van der Waals surface area contributed by atoms with E-state index in [-0.39, 0.29) is 10.8 Å². The Kier molecular flexibility index (Phi) is 3.76. The van der Waals surface area contributed by atoms with E-state index in [0.717, 1.165) is 19.5 Å². The first-order valence-corrected chi connectivity index (χ1v) is 7.34. The summed E-state index contributed by atoms with van der Waals surface area (Å²) in [5, 5.41) is 14.3. The summed E-state index contributed by atoms with van der Waals surface area (Å²) in [6.07, 6.45) is 4.75. The highest BCUT2D eigenvalue weighted by atomic mass is 35.5. The van der Waals surface area contributed by atoms with Crippen molar-refractivity contribution >= 4 is 23.1 Å². The van der Waals surface area contributed by atoms with Crippen LogP contribution in [0, 0.1) is 10.1 Å². The van der Waals surface area contributed by atoms with Gasteiger partial charge in [0.2, 0.25) is 0 Å². The number of nitrogens with one attached hydrogen (secondary N) is 1. The van der Waals surface area contributed by atoms with Crippen LogP contribution in [0.4, 0.5) is 11.5 Å². The van der Waals surface area contributed by atoms with Crippen LogP contribution in [-0.2, 0) is 0 Å². The second kappa shape index (κ2) is 5.54. The van der Waals surface area contributed by atoms with Gasteiger partial charge in [0.15, 0.2) is 0 Å². The Morgan fingerprint density at radius 3 is 3.00 bits per heavy atom. The molecule has 0 amide bonds. The van der Waals surface area contributed by atoms with Crippen LogP contribution in [0.25, 0.3) is 0 Å². The van der Waals surface area contributed by atoms with E-state index in [9.17, 15) is 10.1 Å². The standard InChI is InChI=1S/C13H17ClN4O2/c14-12-7-9(18(19)20)8-13(16-12)15-10-4-6-17-5-2-1-3-11(10)17/h7-8,10-11H,1-6H2,(H,15,16). The van der Waals surface area contributed by atoms with Gasteiger partial charge in [-0.05, 0) is 25.8 Å². The summed E-state index contributed by atoms with van der Waals surface area (Å²) in [7, 11) is 0. The number of halogens is 1. The van der Waals surface area contributed by atoms with Gasteiger partial charge in [-0.1, -0.05) is 18.0 Å². The minimum absolute atomic E-state index is 0.0222. The molecule has 0 spiro atoms. The van der Waals surface area contributed by atoms with Crippen LogP contribution in [-0.4, -0.2) is 40.0 Å². The third kappa shape index (κ3) is 2.71. The first-order chi connectivity index (χ1) is 9.63. The first-order valence-electron chi connectivity index (χ1n) is 6.96. The van der Waals surface area contributed by atoms with E-state index < -0.39 is 4.92 Å². The molecule has 3 heterocycles. The number of rotatable bonds is 3. The molecule has 1 aromatic heterocycles. The Morgan fingerprint density at radius 2 is 2.20 bits per heavy atom. The van der Waals surface area contributed by atoms with Crippen LogP contribution >= 0.6 is 11.6 Å². The van der Waals surface area contributed by atoms with Crippen molar-refractivity contribution in [3.05, 3.63) is 27.4 Å². The third-order valence-corrected chi connectivity index (χ3v) is 4.37. The summed E-state index contributed by atoms with van der Waals surface area (Å²) < 4.78 is 0. The number of piperidine rings is 1.